The van der Waals surface area contributed by atoms with E-state index in [0.717, 1.165) is 11.9 Å². The Labute approximate surface area is 83.2 Å². The maximum Gasteiger partial charge on any atom is 0.0625 e. The first-order chi connectivity index (χ1) is 6.83. The summed E-state index contributed by atoms with van der Waals surface area (Å²) < 4.78 is 0. The average molecular weight is 184 g/mol. The van der Waals surface area contributed by atoms with Crippen molar-refractivity contribution in [2.75, 3.05) is 0 Å². The van der Waals surface area contributed by atoms with E-state index in [1.54, 1.807) is 0 Å². The third-order valence-electron chi connectivity index (χ3n) is 2.50. The van der Waals surface area contributed by atoms with Gasteiger partial charge >= 0.3 is 0 Å². The van der Waals surface area contributed by atoms with Crippen molar-refractivity contribution < 1.29 is 0 Å². The van der Waals surface area contributed by atoms with Crippen molar-refractivity contribution in [2.24, 2.45) is 0 Å². The minimum absolute atomic E-state index is 0.585. The van der Waals surface area contributed by atoms with E-state index in [9.17, 15) is 0 Å². The molecule has 0 aliphatic carbocycles. The molecule has 0 amide bonds. The van der Waals surface area contributed by atoms with E-state index in [1.165, 1.54) is 16.5 Å². The van der Waals surface area contributed by atoms with Crippen LogP contribution in [-0.4, -0.2) is 4.98 Å². The molecule has 2 heteroatoms. The summed E-state index contributed by atoms with van der Waals surface area (Å²) in [6, 6.07) is 8.39. The fourth-order valence-electron chi connectivity index (χ4n) is 1.84. The lowest BCUT2D eigenvalue weighted by molar-refractivity contribution is 1.02. The summed E-state index contributed by atoms with van der Waals surface area (Å²) in [5, 5.41) is 9.83. The molecule has 0 spiro atoms. The average Bonchev–Trinajstić information content (AvgIpc) is 2.59. The zero-order chi connectivity index (χ0) is 9.97. The SMILES string of the molecule is Cc1cccc2[nH]cc(CCC#N)c12. The Morgan fingerprint density at radius 1 is 1.43 bits per heavy atom. The van der Waals surface area contributed by atoms with Crippen LogP contribution in [0.3, 0.4) is 0 Å². The molecule has 0 bridgehead atoms. The smallest absolute Gasteiger partial charge is 0.0625 e. The van der Waals surface area contributed by atoms with Crippen LogP contribution >= 0.6 is 0 Å². The number of rotatable bonds is 2. The highest BCUT2D eigenvalue weighted by atomic mass is 14.7. The van der Waals surface area contributed by atoms with Gasteiger partial charge in [0.2, 0.25) is 0 Å². The summed E-state index contributed by atoms with van der Waals surface area (Å²) in [6.07, 6.45) is 3.43. The number of hydrogen-bond donors (Lipinski definition) is 1. The molecule has 0 aliphatic rings. The monoisotopic (exact) mass is 184 g/mol. The van der Waals surface area contributed by atoms with Crippen molar-refractivity contribution in [1.29, 1.82) is 5.26 Å². The fraction of sp³-hybridized carbons (Fsp3) is 0.250. The number of nitriles is 1. The second-order valence-electron chi connectivity index (χ2n) is 3.47. The highest BCUT2D eigenvalue weighted by Crippen LogP contribution is 2.22. The number of aryl methyl sites for hydroxylation is 2. The van der Waals surface area contributed by atoms with Crippen LogP contribution in [0.2, 0.25) is 0 Å². The third kappa shape index (κ3) is 1.38. The summed E-state index contributed by atoms with van der Waals surface area (Å²) >= 11 is 0. The van der Waals surface area contributed by atoms with Crippen LogP contribution in [0, 0.1) is 18.3 Å². The van der Waals surface area contributed by atoms with Crippen LogP contribution in [0.15, 0.2) is 24.4 Å². The largest absolute Gasteiger partial charge is 0.361 e. The summed E-state index contributed by atoms with van der Waals surface area (Å²) in [6.45, 7) is 2.10. The Morgan fingerprint density at radius 3 is 3.07 bits per heavy atom. The lowest BCUT2D eigenvalue weighted by atomic mass is 10.0. The molecule has 1 aromatic carbocycles. The number of H-pyrrole nitrogens is 1. The number of fused-ring (bicyclic) bond motifs is 1. The maximum absolute atomic E-state index is 8.55. The maximum atomic E-state index is 8.55. The summed E-state index contributed by atoms with van der Waals surface area (Å²) in [5.41, 5.74) is 3.69. The number of benzene rings is 1. The summed E-state index contributed by atoms with van der Waals surface area (Å²) in [4.78, 5) is 3.23. The van der Waals surface area contributed by atoms with Crippen LogP contribution in [0.1, 0.15) is 17.5 Å². The molecule has 0 fully saturated rings. The first-order valence-electron chi connectivity index (χ1n) is 4.75. The molecule has 0 unspecified atom stereocenters. The molecule has 70 valence electrons. The van der Waals surface area contributed by atoms with Gasteiger partial charge in [-0.3, -0.25) is 0 Å². The van der Waals surface area contributed by atoms with Crippen LogP contribution in [-0.2, 0) is 6.42 Å². The van der Waals surface area contributed by atoms with Crippen molar-refractivity contribution in [3.63, 3.8) is 0 Å². The molecule has 0 radical (unpaired) electrons. The summed E-state index contributed by atoms with van der Waals surface area (Å²) in [5.74, 6) is 0. The van der Waals surface area contributed by atoms with Crippen LogP contribution in [0.5, 0.6) is 0 Å². The van der Waals surface area contributed by atoms with Crippen LogP contribution in [0.25, 0.3) is 10.9 Å². The van der Waals surface area contributed by atoms with E-state index < -0.39 is 0 Å². The zero-order valence-corrected chi connectivity index (χ0v) is 8.17. The van der Waals surface area contributed by atoms with E-state index in [4.69, 9.17) is 5.26 Å². The fourth-order valence-corrected chi connectivity index (χ4v) is 1.84. The Kier molecular flexibility index (Phi) is 2.24. The highest BCUT2D eigenvalue weighted by Gasteiger charge is 2.04. The van der Waals surface area contributed by atoms with Gasteiger partial charge in [0.15, 0.2) is 0 Å². The first kappa shape index (κ1) is 8.83. The molecule has 0 aliphatic heterocycles. The number of aromatic amines is 1. The predicted octanol–water partition coefficient (Wildman–Crippen LogP) is 2.93. The van der Waals surface area contributed by atoms with E-state index >= 15 is 0 Å². The Bertz CT molecular complexity index is 488. The molecule has 2 rings (SSSR count). The van der Waals surface area contributed by atoms with Gasteiger partial charge in [0.05, 0.1) is 6.07 Å². The van der Waals surface area contributed by atoms with Crippen molar-refractivity contribution in [3.8, 4) is 6.07 Å². The third-order valence-corrected chi connectivity index (χ3v) is 2.50. The molecular weight excluding hydrogens is 172 g/mol. The van der Waals surface area contributed by atoms with Crippen molar-refractivity contribution in [3.05, 3.63) is 35.5 Å². The molecule has 0 saturated carbocycles. The molecule has 0 atom stereocenters. The van der Waals surface area contributed by atoms with Gasteiger partial charge in [-0.1, -0.05) is 12.1 Å². The lowest BCUT2D eigenvalue weighted by Crippen LogP contribution is -1.82. The molecule has 1 N–H and O–H groups in total. The topological polar surface area (TPSA) is 39.6 Å². The molecule has 1 heterocycles. The molecule has 0 saturated heterocycles. The molecule has 2 nitrogen and oxygen atoms in total. The minimum atomic E-state index is 0.585. The van der Waals surface area contributed by atoms with E-state index in [-0.39, 0.29) is 0 Å². The molecule has 2 aromatic rings. The first-order valence-corrected chi connectivity index (χ1v) is 4.75. The van der Waals surface area contributed by atoms with Gasteiger partial charge in [-0.05, 0) is 30.5 Å². The van der Waals surface area contributed by atoms with Gasteiger partial charge < -0.3 is 4.98 Å². The Hall–Kier alpha value is -1.75. The van der Waals surface area contributed by atoms with Crippen molar-refractivity contribution in [2.45, 2.75) is 19.8 Å². The van der Waals surface area contributed by atoms with Crippen LogP contribution in [0.4, 0.5) is 0 Å². The Balaban J connectivity index is 2.51. The predicted molar refractivity (Wildman–Crippen MR) is 57.0 cm³/mol. The molecule has 1 aromatic heterocycles. The van der Waals surface area contributed by atoms with Crippen molar-refractivity contribution in [1.82, 2.24) is 4.98 Å². The van der Waals surface area contributed by atoms with Gasteiger partial charge in [-0.2, -0.15) is 5.26 Å². The lowest BCUT2D eigenvalue weighted by Gasteiger charge is -1.98. The number of hydrogen-bond acceptors (Lipinski definition) is 1. The van der Waals surface area contributed by atoms with Gasteiger partial charge in [0.25, 0.3) is 0 Å². The number of nitrogens with one attached hydrogen (secondary N) is 1. The van der Waals surface area contributed by atoms with E-state index in [1.807, 2.05) is 12.3 Å². The second kappa shape index (κ2) is 3.55. The number of aromatic nitrogens is 1. The van der Waals surface area contributed by atoms with E-state index in [2.05, 4.69) is 30.1 Å². The van der Waals surface area contributed by atoms with Crippen LogP contribution < -0.4 is 0 Å². The quantitative estimate of drug-likeness (QED) is 0.765. The number of nitrogens with zero attached hydrogens (tertiary/aromatic N) is 1. The van der Waals surface area contributed by atoms with Gasteiger partial charge in [0.1, 0.15) is 0 Å². The normalized spacial score (nSPS) is 10.3. The van der Waals surface area contributed by atoms with Gasteiger partial charge in [-0.25, -0.2) is 0 Å². The van der Waals surface area contributed by atoms with Gasteiger partial charge in [-0.15, -0.1) is 0 Å². The molecule has 14 heavy (non-hydrogen) atoms. The Morgan fingerprint density at radius 2 is 2.29 bits per heavy atom. The summed E-state index contributed by atoms with van der Waals surface area (Å²) in [7, 11) is 0. The van der Waals surface area contributed by atoms with Crippen molar-refractivity contribution >= 4 is 10.9 Å². The highest BCUT2D eigenvalue weighted by molar-refractivity contribution is 5.86. The van der Waals surface area contributed by atoms with E-state index in [0.29, 0.717) is 6.42 Å². The minimum Gasteiger partial charge on any atom is -0.361 e. The van der Waals surface area contributed by atoms with Gasteiger partial charge in [0, 0.05) is 23.5 Å². The standard InChI is InChI=1S/C12H12N2/c1-9-4-2-6-11-12(9)10(8-14-11)5-3-7-13/h2,4,6,8,14H,3,5H2,1H3. The molecular formula is C12H12N2. The zero-order valence-electron chi connectivity index (χ0n) is 8.17. The second-order valence-corrected chi connectivity index (χ2v) is 3.47.